The van der Waals surface area contributed by atoms with Gasteiger partial charge >= 0.3 is 0 Å². The van der Waals surface area contributed by atoms with E-state index in [9.17, 15) is 28.2 Å². The average molecular weight is 375 g/mol. The third-order valence-electron chi connectivity index (χ3n) is 3.24. The molecule has 2 rings (SSSR count). The Balaban J connectivity index is 2.44. The molecule has 9 heteroatoms. The van der Waals surface area contributed by atoms with E-state index in [-0.39, 0.29) is 21.9 Å². The van der Waals surface area contributed by atoms with Gasteiger partial charge in [-0.05, 0) is 41.5 Å². The van der Waals surface area contributed by atoms with Crippen LogP contribution in [0, 0.1) is 0 Å². The molecule has 0 radical (unpaired) electrons. The topological polar surface area (TPSA) is 136 Å². The van der Waals surface area contributed by atoms with E-state index in [0.29, 0.717) is 5.56 Å². The summed E-state index contributed by atoms with van der Waals surface area (Å²) in [7, 11) is -2.87. The monoisotopic (exact) mass is 375 g/mol. The minimum Gasteiger partial charge on any atom is -0.545 e. The van der Waals surface area contributed by atoms with E-state index in [1.165, 1.54) is 49.6 Å². The van der Waals surface area contributed by atoms with Crippen LogP contribution in [0.5, 0.6) is 5.75 Å². The molecule has 0 amide bonds. The molecule has 0 aromatic heterocycles. The Bertz CT molecular complexity index is 980. The van der Waals surface area contributed by atoms with Gasteiger partial charge in [-0.2, -0.15) is 0 Å². The highest BCUT2D eigenvalue weighted by Crippen LogP contribution is 2.27. The molecule has 136 valence electrons. The molecule has 0 atom stereocenters. The first kappa shape index (κ1) is 19.0. The minimum absolute atomic E-state index is 0.0180. The molecule has 0 aliphatic heterocycles. The lowest BCUT2D eigenvalue weighted by Crippen LogP contribution is -2.22. The lowest BCUT2D eigenvalue weighted by atomic mass is 10.2. The number of sulfonamides is 1. The van der Waals surface area contributed by atoms with Crippen LogP contribution in [0.2, 0.25) is 0 Å². The smallest absolute Gasteiger partial charge is 0.265 e. The highest BCUT2D eigenvalue weighted by atomic mass is 32.2. The zero-order chi connectivity index (χ0) is 19.3. The Kier molecular flexibility index (Phi) is 5.63. The normalized spacial score (nSPS) is 11.3. The minimum atomic E-state index is -4.14. The molecule has 1 N–H and O–H groups in total. The third kappa shape index (κ3) is 4.61. The second-order valence-corrected chi connectivity index (χ2v) is 6.69. The first-order valence-electron chi connectivity index (χ1n) is 7.14. The third-order valence-corrected chi connectivity index (χ3v) is 4.64. The van der Waals surface area contributed by atoms with Crippen molar-refractivity contribution in [2.75, 3.05) is 11.8 Å². The summed E-state index contributed by atoms with van der Waals surface area (Å²) in [5.74, 6) is -2.85. The van der Waals surface area contributed by atoms with Crippen LogP contribution >= 0.6 is 0 Å². The summed E-state index contributed by atoms with van der Waals surface area (Å²) >= 11 is 0. The van der Waals surface area contributed by atoms with Gasteiger partial charge in [-0.3, -0.25) is 4.72 Å². The highest BCUT2D eigenvalue weighted by Gasteiger charge is 2.20. The number of anilines is 1. The van der Waals surface area contributed by atoms with Crippen LogP contribution in [0.15, 0.2) is 53.4 Å². The molecule has 2 aromatic rings. The van der Waals surface area contributed by atoms with Crippen molar-refractivity contribution in [1.82, 2.24) is 0 Å². The van der Waals surface area contributed by atoms with Crippen LogP contribution in [0.1, 0.15) is 15.9 Å². The maximum absolute atomic E-state index is 12.6. The summed E-state index contributed by atoms with van der Waals surface area (Å²) in [5, 5.41) is 21.4. The Morgan fingerprint density at radius 1 is 1.12 bits per heavy atom. The molecule has 0 unspecified atom stereocenters. The van der Waals surface area contributed by atoms with Crippen molar-refractivity contribution >= 4 is 33.7 Å². The Hall–Kier alpha value is -3.33. The van der Waals surface area contributed by atoms with Crippen molar-refractivity contribution in [1.29, 1.82) is 0 Å². The zero-order valence-corrected chi connectivity index (χ0v) is 14.3. The number of rotatable bonds is 7. The number of methoxy groups -OCH3 is 1. The molecule has 0 saturated heterocycles. The first-order chi connectivity index (χ1) is 12.2. The van der Waals surface area contributed by atoms with Gasteiger partial charge in [-0.15, -0.1) is 0 Å². The number of carbonyl (C=O) groups excluding carboxylic acids is 2. The van der Waals surface area contributed by atoms with Gasteiger partial charge in [0.05, 0.1) is 19.0 Å². The number of benzene rings is 2. The van der Waals surface area contributed by atoms with Gasteiger partial charge < -0.3 is 24.5 Å². The number of aromatic carboxylic acids is 1. The van der Waals surface area contributed by atoms with E-state index < -0.39 is 22.0 Å². The molecule has 8 nitrogen and oxygen atoms in total. The number of carbonyl (C=O) groups is 2. The highest BCUT2D eigenvalue weighted by molar-refractivity contribution is 7.92. The predicted molar refractivity (Wildman–Crippen MR) is 88.6 cm³/mol. The molecule has 0 aliphatic rings. The Morgan fingerprint density at radius 3 is 2.46 bits per heavy atom. The number of hydrogen-bond donors (Lipinski definition) is 1. The summed E-state index contributed by atoms with van der Waals surface area (Å²) in [6, 6.07) is 9.15. The van der Waals surface area contributed by atoms with E-state index in [4.69, 9.17) is 4.74 Å². The molecule has 0 aliphatic carbocycles. The number of hydrogen-bond acceptors (Lipinski definition) is 7. The van der Waals surface area contributed by atoms with Crippen LogP contribution in [-0.2, 0) is 14.8 Å². The summed E-state index contributed by atoms with van der Waals surface area (Å²) in [4.78, 5) is 21.1. The van der Waals surface area contributed by atoms with Crippen LogP contribution in [0.4, 0.5) is 5.69 Å². The first-order valence-corrected chi connectivity index (χ1v) is 8.62. The molecular weight excluding hydrogens is 362 g/mol. The lowest BCUT2D eigenvalue weighted by molar-refractivity contribution is -0.297. The van der Waals surface area contributed by atoms with Crippen molar-refractivity contribution in [3.63, 3.8) is 0 Å². The van der Waals surface area contributed by atoms with Gasteiger partial charge in [0.2, 0.25) is 0 Å². The van der Waals surface area contributed by atoms with Gasteiger partial charge in [0.1, 0.15) is 10.6 Å². The Morgan fingerprint density at radius 2 is 1.85 bits per heavy atom. The molecule has 2 aromatic carbocycles. The second-order valence-electron chi connectivity index (χ2n) is 5.04. The summed E-state index contributed by atoms with van der Waals surface area (Å²) in [6.07, 6.45) is 1.93. The standard InChI is InChI=1S/C17H15NO7S/c1-25-14-7-5-11(6-8-16(19)20)9-15(14)26(23,24)18-13-4-2-3-12(10-13)17(21)22/h2-10,18H,1H3,(H,19,20)(H,21,22)/p-2/b8-6+. The van der Waals surface area contributed by atoms with Gasteiger partial charge in [0.25, 0.3) is 10.0 Å². The van der Waals surface area contributed by atoms with Crippen molar-refractivity contribution in [3.8, 4) is 5.75 Å². The van der Waals surface area contributed by atoms with E-state index in [2.05, 4.69) is 4.72 Å². The molecule has 0 spiro atoms. The van der Waals surface area contributed by atoms with E-state index in [1.807, 2.05) is 0 Å². The van der Waals surface area contributed by atoms with Crippen LogP contribution < -0.4 is 19.7 Å². The largest absolute Gasteiger partial charge is 0.545 e. The SMILES string of the molecule is COc1ccc(/C=C/C(=O)[O-])cc1S(=O)(=O)Nc1cccc(C(=O)[O-])c1. The predicted octanol–water partition coefficient (Wildman–Crippen LogP) is -0.377. The van der Waals surface area contributed by atoms with Crippen molar-refractivity contribution in [2.45, 2.75) is 4.90 Å². The summed E-state index contributed by atoms with van der Waals surface area (Å²) < 4.78 is 32.6. The number of carboxylic acids is 2. The van der Waals surface area contributed by atoms with Gasteiger partial charge in [-0.1, -0.05) is 24.3 Å². The fourth-order valence-electron chi connectivity index (χ4n) is 2.09. The van der Waals surface area contributed by atoms with Crippen molar-refractivity contribution < 1.29 is 33.0 Å². The summed E-state index contributed by atoms with van der Waals surface area (Å²) in [5.41, 5.74) is 0.117. The maximum atomic E-state index is 12.6. The van der Waals surface area contributed by atoms with Crippen molar-refractivity contribution in [3.05, 3.63) is 59.7 Å². The Labute approximate surface area is 149 Å². The zero-order valence-electron chi connectivity index (χ0n) is 13.5. The number of nitrogens with one attached hydrogen (secondary N) is 1. The number of carboxylic acid groups (broad SMARTS) is 2. The van der Waals surface area contributed by atoms with E-state index in [1.54, 1.807) is 0 Å². The molecule has 0 saturated carbocycles. The van der Waals surface area contributed by atoms with Crippen molar-refractivity contribution in [2.24, 2.45) is 0 Å². The molecule has 0 fully saturated rings. The lowest BCUT2D eigenvalue weighted by Gasteiger charge is -2.13. The number of aliphatic carboxylic acids is 1. The molecule has 26 heavy (non-hydrogen) atoms. The van der Waals surface area contributed by atoms with E-state index in [0.717, 1.165) is 12.1 Å². The molecular formula is C17H13NO7S-2. The summed E-state index contributed by atoms with van der Waals surface area (Å²) in [6.45, 7) is 0. The fourth-order valence-corrected chi connectivity index (χ4v) is 3.35. The van der Waals surface area contributed by atoms with Gasteiger partial charge in [0, 0.05) is 5.69 Å². The molecule has 0 bridgehead atoms. The second kappa shape index (κ2) is 7.70. The van der Waals surface area contributed by atoms with Crippen LogP contribution in [0.3, 0.4) is 0 Å². The van der Waals surface area contributed by atoms with Gasteiger partial charge in [0.15, 0.2) is 0 Å². The quantitative estimate of drug-likeness (QED) is 0.652. The fraction of sp³-hybridized carbons (Fsp3) is 0.0588. The van der Waals surface area contributed by atoms with Gasteiger partial charge in [-0.25, -0.2) is 8.42 Å². The number of ether oxygens (including phenoxy) is 1. The van der Waals surface area contributed by atoms with Crippen LogP contribution in [0.25, 0.3) is 6.08 Å². The van der Waals surface area contributed by atoms with E-state index >= 15 is 0 Å². The maximum Gasteiger partial charge on any atom is 0.265 e. The van der Waals surface area contributed by atoms with Crippen LogP contribution in [-0.4, -0.2) is 27.5 Å². The molecule has 0 heterocycles. The average Bonchev–Trinajstić information content (AvgIpc) is 2.59.